The first-order valence-corrected chi connectivity index (χ1v) is 35.8. The quantitative estimate of drug-likeness (QED) is 0.0415. The number of rotatable bonds is 15. The molecule has 0 radical (unpaired) electrons. The molecule has 0 aromatic carbocycles. The zero-order chi connectivity index (χ0) is 73.4. The van der Waals surface area contributed by atoms with Crippen LogP contribution >= 0.6 is 0 Å². The zero-order valence-electron chi connectivity index (χ0n) is 58.4. The van der Waals surface area contributed by atoms with Crippen molar-refractivity contribution < 1.29 is 163 Å². The number of aliphatic hydroxyl groups is 18. The maximum Gasteiger partial charge on any atom is 0.317 e. The number of hydrogen-bond donors (Lipinski definition) is 18. The third kappa shape index (κ3) is 13.7. The molecule has 0 bridgehead atoms. The van der Waals surface area contributed by atoms with Gasteiger partial charge in [-0.3, -0.25) is 4.79 Å². The van der Waals surface area contributed by atoms with Crippen molar-refractivity contribution in [2.75, 3.05) is 33.0 Å². The molecule has 7 saturated heterocycles. The summed E-state index contributed by atoms with van der Waals surface area (Å²) >= 11 is 0. The highest BCUT2D eigenvalue weighted by atomic mass is 16.8. The Morgan fingerprint density at radius 3 is 1.50 bits per heavy atom. The molecule has 4 saturated carbocycles. The van der Waals surface area contributed by atoms with E-state index in [4.69, 9.17) is 66.3 Å². The number of aliphatic hydroxyl groups excluding tert-OH is 18. The number of fused-ring (bicyclic) bond motifs is 7. The summed E-state index contributed by atoms with van der Waals surface area (Å²) in [6, 6.07) is 0. The smallest absolute Gasteiger partial charge is 0.317 e. The fourth-order valence-corrected chi connectivity index (χ4v) is 19.8. The predicted octanol–water partition coefficient (Wildman–Crippen LogP) is -4.98. The molecule has 12 aliphatic rings. The Morgan fingerprint density at radius 1 is 0.455 bits per heavy atom. The summed E-state index contributed by atoms with van der Waals surface area (Å²) in [5, 5.41) is 199. The van der Waals surface area contributed by atoms with Gasteiger partial charge in [0.2, 0.25) is 6.29 Å². The van der Waals surface area contributed by atoms with Crippen molar-refractivity contribution in [2.24, 2.45) is 50.2 Å². The summed E-state index contributed by atoms with van der Waals surface area (Å²) in [7, 11) is 0. The van der Waals surface area contributed by atoms with Gasteiger partial charge in [0.05, 0.1) is 57.5 Å². The summed E-state index contributed by atoms with van der Waals surface area (Å²) in [5.74, 6) is -1.45. The van der Waals surface area contributed by atoms with E-state index in [0.29, 0.717) is 44.9 Å². The molecular weight excluding hydrogens is 1340 g/mol. The largest absolute Gasteiger partial charge is 0.432 e. The molecule has 3 unspecified atom stereocenters. The molecule has 0 aromatic rings. The van der Waals surface area contributed by atoms with Gasteiger partial charge in [0, 0.05) is 0 Å². The van der Waals surface area contributed by atoms with E-state index in [0.717, 1.165) is 5.57 Å². The minimum atomic E-state index is -2.02. The summed E-state index contributed by atoms with van der Waals surface area (Å²) in [4.78, 5) is 15.7. The molecular formula is C68H110O33. The monoisotopic (exact) mass is 1450 g/mol. The Hall–Kier alpha value is -2.03. The molecule has 5 aliphatic carbocycles. The molecule has 0 spiro atoms. The lowest BCUT2D eigenvalue weighted by Gasteiger charge is -2.71. The number of carbonyl (C=O) groups excluding carboxylic acids is 1. The van der Waals surface area contributed by atoms with Crippen LogP contribution in [0.5, 0.6) is 0 Å². The van der Waals surface area contributed by atoms with Crippen LogP contribution in [0.2, 0.25) is 0 Å². The van der Waals surface area contributed by atoms with Gasteiger partial charge >= 0.3 is 5.97 Å². The van der Waals surface area contributed by atoms with E-state index >= 15 is 4.79 Å². The molecule has 101 heavy (non-hydrogen) atoms. The van der Waals surface area contributed by atoms with Gasteiger partial charge in [-0.1, -0.05) is 60.1 Å². The molecule has 0 aromatic heterocycles. The van der Waals surface area contributed by atoms with Gasteiger partial charge in [-0.25, -0.2) is 0 Å². The highest BCUT2D eigenvalue weighted by Crippen LogP contribution is 2.76. The molecule has 0 amide bonds. The van der Waals surface area contributed by atoms with Gasteiger partial charge in [-0.05, 0) is 116 Å². The number of carbonyl (C=O) groups is 1. The number of ether oxygens (including phenoxy) is 14. The van der Waals surface area contributed by atoms with Gasteiger partial charge in [0.1, 0.15) is 134 Å². The van der Waals surface area contributed by atoms with Crippen LogP contribution in [-0.2, 0) is 71.1 Å². The minimum absolute atomic E-state index is 0.00897. The van der Waals surface area contributed by atoms with Gasteiger partial charge in [0.15, 0.2) is 43.8 Å². The van der Waals surface area contributed by atoms with Crippen molar-refractivity contribution in [2.45, 2.75) is 323 Å². The van der Waals surface area contributed by atoms with Crippen molar-refractivity contribution in [1.82, 2.24) is 0 Å². The summed E-state index contributed by atoms with van der Waals surface area (Å²) in [5.41, 5.74) is -3.11. The summed E-state index contributed by atoms with van der Waals surface area (Å²) < 4.78 is 84.9. The topological polar surface area (TPSA) is 510 Å². The number of hydrogen-bond acceptors (Lipinski definition) is 33. The Bertz CT molecular complexity index is 2880. The zero-order valence-corrected chi connectivity index (χ0v) is 58.4. The molecule has 11 fully saturated rings. The van der Waals surface area contributed by atoms with Crippen molar-refractivity contribution in [1.29, 1.82) is 0 Å². The fourth-order valence-electron chi connectivity index (χ4n) is 19.8. The lowest BCUT2D eigenvalue weighted by molar-refractivity contribution is -0.388. The Morgan fingerprint density at radius 2 is 0.931 bits per heavy atom. The second-order valence-electron chi connectivity index (χ2n) is 33.0. The number of allylic oxidation sites excluding steroid dienone is 2. The van der Waals surface area contributed by atoms with Crippen LogP contribution in [0, 0.1) is 50.2 Å². The minimum Gasteiger partial charge on any atom is -0.432 e. The van der Waals surface area contributed by atoms with E-state index in [2.05, 4.69) is 54.5 Å². The first-order valence-electron chi connectivity index (χ1n) is 35.8. The lowest BCUT2D eigenvalue weighted by atomic mass is 9.33. The predicted molar refractivity (Wildman–Crippen MR) is 335 cm³/mol. The fraction of sp³-hybridized carbons (Fsp3) is 0.956. The first kappa shape index (κ1) is 78.5. The van der Waals surface area contributed by atoms with E-state index in [-0.39, 0.29) is 35.5 Å². The SMILES string of the molecule is C[C@@H]1O[C@@H](O[C@H]2[C@H](O[C@@H]3OC[C@@H](O)[C@H](O)[C@H]3O)[C@@H](O)[C@H](O[C@H]3CC[C@@]4(C)C(CC[C@]5(C)C4CC=C4[C@@H]6CC(C)(C)CC[C@]6(C(=O)O[C@@H]6OC[C@H](O)[C@H](O)[C@H]6O[C@@H]6O[C@@H](C)[C@H](O[C@@H]7OC[C@@H](O)[C@H](O)[C@H]7O)[C@@H](O[C@@H]7OC[C@@H](O)[C@H](O)[C@H]7O)[C@H]6O)C(O)C[C@]45C)C3(C)C)O[C@@H]2CO)[C@H](O)[C@H](O)[C@H]1O. The van der Waals surface area contributed by atoms with Crippen molar-refractivity contribution >= 4 is 5.97 Å². The van der Waals surface area contributed by atoms with E-state index < -0.39 is 269 Å². The second kappa shape index (κ2) is 29.4. The van der Waals surface area contributed by atoms with Crippen molar-refractivity contribution in [3.05, 3.63) is 11.6 Å². The molecule has 40 atom stereocenters. The Balaban J connectivity index is 0.776. The van der Waals surface area contributed by atoms with Crippen LogP contribution in [0.4, 0.5) is 0 Å². The van der Waals surface area contributed by atoms with E-state index in [1.807, 2.05) is 0 Å². The molecule has 33 nitrogen and oxygen atoms in total. The average Bonchev–Trinajstić information content (AvgIpc) is 0.671. The molecule has 18 N–H and O–H groups in total. The van der Waals surface area contributed by atoms with Crippen LogP contribution < -0.4 is 0 Å². The highest BCUT2D eigenvalue weighted by Gasteiger charge is 2.73. The van der Waals surface area contributed by atoms with Crippen LogP contribution in [0.25, 0.3) is 0 Å². The van der Waals surface area contributed by atoms with Gasteiger partial charge in [-0.2, -0.15) is 0 Å². The molecule has 7 aliphatic heterocycles. The average molecular weight is 1460 g/mol. The van der Waals surface area contributed by atoms with Crippen LogP contribution in [-0.4, -0.2) is 334 Å². The van der Waals surface area contributed by atoms with E-state index in [9.17, 15) is 91.9 Å². The molecule has 33 heteroatoms. The second-order valence-corrected chi connectivity index (χ2v) is 33.0. The van der Waals surface area contributed by atoms with Gasteiger partial charge < -0.3 is 158 Å². The maximum atomic E-state index is 15.7. The maximum absolute atomic E-state index is 15.7. The van der Waals surface area contributed by atoms with E-state index in [1.54, 1.807) is 0 Å². The summed E-state index contributed by atoms with van der Waals surface area (Å²) in [6.07, 6.45) is -46.6. The van der Waals surface area contributed by atoms with Crippen molar-refractivity contribution in [3.8, 4) is 0 Å². The third-order valence-corrected chi connectivity index (χ3v) is 26.1. The van der Waals surface area contributed by atoms with Gasteiger partial charge in [-0.15, -0.1) is 0 Å². The molecule has 7 heterocycles. The molecule has 580 valence electrons. The molecule has 12 rings (SSSR count). The van der Waals surface area contributed by atoms with E-state index in [1.165, 1.54) is 13.8 Å². The highest BCUT2D eigenvalue weighted by molar-refractivity contribution is 5.80. The standard InChI is InChI=1S/C68H110O33/c1-25-38(75)43(80)47(84)58(92-25)97-51-33(20-69)94-60(49(86)53(51)99-57-46(83)41(78)31(72)23-90-57)95-37-13-14-65(7)34(64(37,5)6)12-15-66(8)35(65)11-10-27-28-18-63(3,4)16-17-68(28,36(74)19-67(27,66)9)62(87)101-61-54(42(79)32(73)24-91-61)100-59-48(85)52(98-56-45(82)40(77)30(71)22-89-56)50(26(2)93-59)96-55-44(81)39(76)29(70)21-88-55/h10,25-26,28-61,69-86H,11-24H2,1-9H3/t25-,26-,28-,29+,30+,31+,32-,33+,34?,35?,36?,37-,38-,39-,40-,41-,42-,43+,44+,45+,46+,47+,48+,49+,50-,51+,52-,53+,54+,55-,56-,57-,58-,59-,60-,61-,65-,66+,67+,68+/m0/s1. The van der Waals surface area contributed by atoms with Crippen LogP contribution in [0.15, 0.2) is 11.6 Å². The normalized spacial score (nSPS) is 55.2. The van der Waals surface area contributed by atoms with Crippen molar-refractivity contribution in [3.63, 3.8) is 0 Å². The van der Waals surface area contributed by atoms with Crippen LogP contribution in [0.1, 0.15) is 120 Å². The Labute approximate surface area is 584 Å². The summed E-state index contributed by atoms with van der Waals surface area (Å²) in [6.45, 7) is 15.3. The first-order chi connectivity index (χ1) is 47.3. The Kier molecular flexibility index (Phi) is 22.9. The third-order valence-electron chi connectivity index (χ3n) is 26.1. The lowest BCUT2D eigenvalue weighted by Crippen LogP contribution is -2.69. The van der Waals surface area contributed by atoms with Crippen LogP contribution in [0.3, 0.4) is 0 Å². The van der Waals surface area contributed by atoms with Gasteiger partial charge in [0.25, 0.3) is 0 Å². The number of esters is 1.